The quantitative estimate of drug-likeness (QED) is 0.307. The van der Waals surface area contributed by atoms with Crippen molar-refractivity contribution in [2.75, 3.05) is 18.2 Å². The summed E-state index contributed by atoms with van der Waals surface area (Å²) in [4.78, 5) is 16.3. The van der Waals surface area contributed by atoms with Gasteiger partial charge in [0.25, 0.3) is 0 Å². The number of carbonyl (C=O) groups is 1. The maximum atomic E-state index is 10.8. The summed E-state index contributed by atoms with van der Waals surface area (Å²) in [7, 11) is -1.11. The second-order valence-corrected chi connectivity index (χ2v) is 14.7. The van der Waals surface area contributed by atoms with Gasteiger partial charge in [0, 0.05) is 20.1 Å². The monoisotopic (exact) mass is 463 g/mol. The molecule has 2 N–H and O–H groups in total. The first-order valence-corrected chi connectivity index (χ1v) is 14.3. The van der Waals surface area contributed by atoms with Crippen LogP contribution in [0.1, 0.15) is 0 Å². The predicted octanol–water partition coefficient (Wildman–Crippen LogP) is 5.50. The molecule has 0 atom stereocenters. The van der Waals surface area contributed by atoms with Crippen LogP contribution in [0.4, 0.5) is 10.5 Å². The molecule has 0 aliphatic carbocycles. The molecule has 25 heavy (non-hydrogen) atoms. The highest BCUT2D eigenvalue weighted by Gasteiger charge is 2.19. The molecule has 6 nitrogen and oxygen atoms in total. The summed E-state index contributed by atoms with van der Waals surface area (Å²) in [6, 6.07) is 2.91. The molecule has 0 saturated carbocycles. The predicted molar refractivity (Wildman–Crippen MR) is 111 cm³/mol. The Morgan fingerprint density at radius 2 is 2.24 bits per heavy atom. The lowest BCUT2D eigenvalue weighted by molar-refractivity contribution is 0.0799. The number of anilines is 1. The van der Waals surface area contributed by atoms with Gasteiger partial charge < -0.3 is 9.84 Å². The molecular weight excluding hydrogens is 442 g/mol. The van der Waals surface area contributed by atoms with E-state index in [1.807, 2.05) is 10.8 Å². The third kappa shape index (κ3) is 5.85. The first kappa shape index (κ1) is 20.5. The second-order valence-electron chi connectivity index (χ2n) is 6.64. The van der Waals surface area contributed by atoms with E-state index >= 15 is 0 Å². The first-order valence-electron chi connectivity index (χ1n) is 7.68. The highest BCUT2D eigenvalue weighted by molar-refractivity contribution is 9.10. The van der Waals surface area contributed by atoms with Gasteiger partial charge in [-0.25, -0.2) is 9.78 Å². The minimum atomic E-state index is -1.11. The zero-order chi connectivity index (χ0) is 18.6. The van der Waals surface area contributed by atoms with E-state index in [9.17, 15) is 4.79 Å². The first-order chi connectivity index (χ1) is 11.7. The number of carboxylic acid groups (broad SMARTS) is 1. The minimum absolute atomic E-state index is 0.444. The SMILES string of the molecule is CSc1nc(-c2cc(NC(=O)O)cs2)c(Br)n1COCC[Si](C)(C)C. The Kier molecular flexibility index (Phi) is 7.15. The van der Waals surface area contributed by atoms with Crippen molar-refractivity contribution in [2.24, 2.45) is 0 Å². The summed E-state index contributed by atoms with van der Waals surface area (Å²) in [6.07, 6.45) is 0.901. The molecule has 0 radical (unpaired) electrons. The summed E-state index contributed by atoms with van der Waals surface area (Å²) in [6.45, 7) is 8.17. The molecule has 2 aromatic heterocycles. The van der Waals surface area contributed by atoms with Gasteiger partial charge in [0.15, 0.2) is 5.16 Å². The summed E-state index contributed by atoms with van der Waals surface area (Å²) in [5, 5.41) is 13.8. The van der Waals surface area contributed by atoms with E-state index in [0.717, 1.165) is 33.0 Å². The van der Waals surface area contributed by atoms with Gasteiger partial charge in [-0.1, -0.05) is 31.4 Å². The normalized spacial score (nSPS) is 11.7. The van der Waals surface area contributed by atoms with Crippen LogP contribution in [0.2, 0.25) is 25.7 Å². The maximum Gasteiger partial charge on any atom is 0.409 e. The fourth-order valence-corrected chi connectivity index (χ4v) is 4.98. The Balaban J connectivity index is 2.14. The Hall–Kier alpha value is -0.813. The number of thioether (sulfide) groups is 1. The largest absolute Gasteiger partial charge is 0.465 e. The second kappa shape index (κ2) is 8.72. The molecule has 0 bridgehead atoms. The average molecular weight is 464 g/mol. The van der Waals surface area contributed by atoms with E-state index in [-0.39, 0.29) is 0 Å². The van der Waals surface area contributed by atoms with Crippen LogP contribution in [0.3, 0.4) is 0 Å². The van der Waals surface area contributed by atoms with E-state index in [2.05, 4.69) is 45.9 Å². The summed E-state index contributed by atoms with van der Waals surface area (Å²) < 4.78 is 8.69. The zero-order valence-electron chi connectivity index (χ0n) is 14.6. The number of ether oxygens (including phenoxy) is 1. The summed E-state index contributed by atoms with van der Waals surface area (Å²) in [5.41, 5.74) is 1.34. The third-order valence-corrected chi connectivity index (χ3v) is 7.48. The van der Waals surface area contributed by atoms with E-state index < -0.39 is 14.2 Å². The number of halogens is 1. The lowest BCUT2D eigenvalue weighted by atomic mass is 10.3. The van der Waals surface area contributed by atoms with Crippen molar-refractivity contribution >= 4 is 58.9 Å². The number of hydrogen-bond donors (Lipinski definition) is 2. The number of thiophene rings is 1. The summed E-state index contributed by atoms with van der Waals surface area (Å²) >= 11 is 6.62. The molecule has 0 fully saturated rings. The van der Waals surface area contributed by atoms with Crippen LogP contribution >= 0.6 is 39.0 Å². The Bertz CT molecular complexity index is 743. The van der Waals surface area contributed by atoms with Crippen molar-refractivity contribution in [1.29, 1.82) is 0 Å². The molecule has 138 valence electrons. The van der Waals surface area contributed by atoms with E-state index in [0.29, 0.717) is 12.4 Å². The van der Waals surface area contributed by atoms with Crippen molar-refractivity contribution in [3.8, 4) is 10.6 Å². The number of nitrogens with zero attached hydrogens (tertiary/aromatic N) is 2. The number of imidazole rings is 1. The van der Waals surface area contributed by atoms with Gasteiger partial charge in [0.1, 0.15) is 17.0 Å². The number of nitrogens with one attached hydrogen (secondary N) is 1. The van der Waals surface area contributed by atoms with Gasteiger partial charge >= 0.3 is 6.09 Å². The van der Waals surface area contributed by atoms with Gasteiger partial charge in [0.2, 0.25) is 0 Å². The van der Waals surface area contributed by atoms with Crippen LogP contribution in [0.5, 0.6) is 0 Å². The Morgan fingerprint density at radius 1 is 1.52 bits per heavy atom. The minimum Gasteiger partial charge on any atom is -0.465 e. The molecule has 2 heterocycles. The van der Waals surface area contributed by atoms with Crippen molar-refractivity contribution in [1.82, 2.24) is 9.55 Å². The van der Waals surface area contributed by atoms with Crippen LogP contribution in [0.25, 0.3) is 10.6 Å². The van der Waals surface area contributed by atoms with Crippen LogP contribution in [-0.4, -0.2) is 41.7 Å². The smallest absolute Gasteiger partial charge is 0.409 e. The molecule has 10 heteroatoms. The number of amides is 1. The highest BCUT2D eigenvalue weighted by Crippen LogP contribution is 2.36. The summed E-state index contributed by atoms with van der Waals surface area (Å²) in [5.74, 6) is 0. The van der Waals surface area contributed by atoms with Crippen molar-refractivity contribution in [2.45, 2.75) is 37.6 Å². The van der Waals surface area contributed by atoms with Crippen LogP contribution < -0.4 is 5.32 Å². The van der Waals surface area contributed by atoms with Gasteiger partial charge in [0.05, 0.1) is 10.6 Å². The average Bonchev–Trinajstić information content (AvgIpc) is 3.07. The molecule has 0 aromatic carbocycles. The van der Waals surface area contributed by atoms with Crippen molar-refractivity contribution in [3.63, 3.8) is 0 Å². The maximum absolute atomic E-state index is 10.8. The van der Waals surface area contributed by atoms with Gasteiger partial charge in [-0.2, -0.15) is 0 Å². The molecule has 0 aliphatic heterocycles. The van der Waals surface area contributed by atoms with E-state index in [1.165, 1.54) is 11.3 Å². The molecule has 0 aliphatic rings. The molecule has 1 amide bonds. The lowest BCUT2D eigenvalue weighted by Gasteiger charge is -2.16. The lowest BCUT2D eigenvalue weighted by Crippen LogP contribution is -2.22. The number of hydrogen-bond acceptors (Lipinski definition) is 5. The van der Waals surface area contributed by atoms with Crippen molar-refractivity contribution < 1.29 is 14.6 Å². The van der Waals surface area contributed by atoms with Gasteiger partial charge in [-0.05, 0) is 34.3 Å². The van der Waals surface area contributed by atoms with Crippen LogP contribution in [0.15, 0.2) is 21.2 Å². The van der Waals surface area contributed by atoms with Gasteiger partial charge in [-0.3, -0.25) is 9.88 Å². The third-order valence-electron chi connectivity index (χ3n) is 3.35. The van der Waals surface area contributed by atoms with Crippen LogP contribution in [0, 0.1) is 0 Å². The number of rotatable bonds is 8. The topological polar surface area (TPSA) is 76.4 Å². The highest BCUT2D eigenvalue weighted by atomic mass is 79.9. The molecule has 2 rings (SSSR count). The van der Waals surface area contributed by atoms with E-state index in [1.54, 1.807) is 23.2 Å². The van der Waals surface area contributed by atoms with Crippen LogP contribution in [-0.2, 0) is 11.5 Å². The van der Waals surface area contributed by atoms with E-state index in [4.69, 9.17) is 9.84 Å². The molecule has 0 spiro atoms. The molecule has 0 unspecified atom stereocenters. The van der Waals surface area contributed by atoms with Crippen molar-refractivity contribution in [3.05, 3.63) is 16.0 Å². The fourth-order valence-electron chi connectivity index (χ4n) is 2.02. The molecular formula is C15H22BrN3O3S2Si. The molecule has 0 saturated heterocycles. The fraction of sp³-hybridized carbons (Fsp3) is 0.467. The Morgan fingerprint density at radius 3 is 2.84 bits per heavy atom. The Labute approximate surface area is 165 Å². The molecule has 2 aromatic rings. The zero-order valence-corrected chi connectivity index (χ0v) is 18.8. The van der Waals surface area contributed by atoms with Gasteiger partial charge in [-0.15, -0.1) is 11.3 Å². The number of aromatic nitrogens is 2. The standard InChI is InChI=1S/C15H22BrN3O3S2Si/c1-23-14-18-12(11-7-10(8-24-11)17-15(20)21)13(16)19(14)9-22-5-6-25(2,3)4/h7-8,17H,5-6,9H2,1-4H3,(H,20,21).